The number of sulfone groups is 1. The summed E-state index contributed by atoms with van der Waals surface area (Å²) < 4.78 is 26.6. The van der Waals surface area contributed by atoms with Gasteiger partial charge in [-0.3, -0.25) is 0 Å². The van der Waals surface area contributed by atoms with E-state index in [0.717, 1.165) is 43.5 Å². The highest BCUT2D eigenvalue weighted by Gasteiger charge is 2.31. The number of nitrogens with zero attached hydrogens (tertiary/aromatic N) is 2. The third-order valence-corrected chi connectivity index (χ3v) is 6.25. The van der Waals surface area contributed by atoms with Crippen molar-refractivity contribution in [2.24, 2.45) is 5.92 Å². The lowest BCUT2D eigenvalue weighted by Crippen LogP contribution is -2.12. The zero-order chi connectivity index (χ0) is 15.2. The Hall–Kier alpha value is -1.62. The molecule has 1 fully saturated rings. The maximum atomic E-state index is 12.3. The van der Waals surface area contributed by atoms with Gasteiger partial charge in [0.25, 0.3) is 0 Å². The van der Waals surface area contributed by atoms with Gasteiger partial charge in [-0.15, -0.1) is 0 Å². The molecule has 1 aromatic carbocycles. The molecule has 0 N–H and O–H groups in total. The highest BCUT2D eigenvalue weighted by Crippen LogP contribution is 2.33. The highest BCUT2D eigenvalue weighted by molar-refractivity contribution is 7.90. The van der Waals surface area contributed by atoms with Crippen molar-refractivity contribution in [3.63, 3.8) is 0 Å². The largest absolute Gasteiger partial charge is 0.237 e. The second kappa shape index (κ2) is 5.23. The molecule has 2 aliphatic carbocycles. The summed E-state index contributed by atoms with van der Waals surface area (Å²) in [4.78, 5) is 0. The normalized spacial score (nSPS) is 17.6. The zero-order valence-corrected chi connectivity index (χ0v) is 13.3. The molecule has 1 aromatic heterocycles. The first kappa shape index (κ1) is 14.0. The van der Waals surface area contributed by atoms with Crippen LogP contribution in [0.15, 0.2) is 30.3 Å². The van der Waals surface area contributed by atoms with E-state index in [0.29, 0.717) is 11.7 Å². The van der Waals surface area contributed by atoms with Gasteiger partial charge in [0.2, 0.25) is 0 Å². The minimum atomic E-state index is -3.04. The van der Waals surface area contributed by atoms with Crippen LogP contribution in [0.4, 0.5) is 0 Å². The fourth-order valence-electron chi connectivity index (χ4n) is 3.32. The summed E-state index contributed by atoms with van der Waals surface area (Å²) in [6.45, 7) is 0. The molecule has 0 bridgehead atoms. The second-order valence-corrected chi connectivity index (χ2v) is 8.58. The Balaban J connectivity index is 1.69. The summed E-state index contributed by atoms with van der Waals surface area (Å²) in [5, 5.41) is 4.65. The van der Waals surface area contributed by atoms with Gasteiger partial charge in [-0.25, -0.2) is 13.1 Å². The molecule has 4 rings (SSSR count). The van der Waals surface area contributed by atoms with E-state index < -0.39 is 9.84 Å². The van der Waals surface area contributed by atoms with Crippen molar-refractivity contribution < 1.29 is 8.42 Å². The van der Waals surface area contributed by atoms with Crippen LogP contribution in [0.25, 0.3) is 5.69 Å². The van der Waals surface area contributed by atoms with E-state index in [1.54, 1.807) is 0 Å². The standard InChI is InChI=1S/C17H20N2O2S/c20-22(21,11-13-9-10-13)12-16-15-7-4-8-17(15)19(18-16)14-5-2-1-3-6-14/h1-3,5-6,13H,4,7-12H2. The van der Waals surface area contributed by atoms with Crippen molar-refractivity contribution in [2.75, 3.05) is 5.75 Å². The van der Waals surface area contributed by atoms with E-state index >= 15 is 0 Å². The average Bonchev–Trinajstić information content (AvgIpc) is 3.04. The summed E-state index contributed by atoms with van der Waals surface area (Å²) in [6.07, 6.45) is 5.16. The van der Waals surface area contributed by atoms with E-state index in [2.05, 4.69) is 5.10 Å². The van der Waals surface area contributed by atoms with E-state index in [4.69, 9.17) is 0 Å². The summed E-state index contributed by atoms with van der Waals surface area (Å²) >= 11 is 0. The molecule has 2 aromatic rings. The molecule has 1 saturated carbocycles. The third kappa shape index (κ3) is 2.70. The maximum Gasteiger partial charge on any atom is 0.156 e. The molecule has 116 valence electrons. The summed E-state index contributed by atoms with van der Waals surface area (Å²) in [5.74, 6) is 0.834. The molecular weight excluding hydrogens is 296 g/mol. The first-order chi connectivity index (χ1) is 10.6. The minimum absolute atomic E-state index is 0.103. The van der Waals surface area contributed by atoms with Gasteiger partial charge in [-0.05, 0) is 55.7 Å². The lowest BCUT2D eigenvalue weighted by Gasteiger charge is -2.05. The van der Waals surface area contributed by atoms with Crippen molar-refractivity contribution in [3.05, 3.63) is 47.3 Å². The lowest BCUT2D eigenvalue weighted by molar-refractivity contribution is 0.590. The fraction of sp³-hybridized carbons (Fsp3) is 0.471. The van der Waals surface area contributed by atoms with Crippen LogP contribution in [0.5, 0.6) is 0 Å². The molecular formula is C17H20N2O2S. The van der Waals surface area contributed by atoms with Crippen LogP contribution in [0.1, 0.15) is 36.2 Å². The van der Waals surface area contributed by atoms with Gasteiger partial charge in [-0.1, -0.05) is 18.2 Å². The number of benzene rings is 1. The van der Waals surface area contributed by atoms with Gasteiger partial charge in [0, 0.05) is 5.69 Å². The molecule has 5 heteroatoms. The molecule has 0 saturated heterocycles. The van der Waals surface area contributed by atoms with Crippen LogP contribution >= 0.6 is 0 Å². The Kier molecular flexibility index (Phi) is 3.33. The molecule has 2 aliphatic rings. The predicted octanol–water partition coefficient (Wildman–Crippen LogP) is 2.69. The topological polar surface area (TPSA) is 52.0 Å². The molecule has 1 heterocycles. The van der Waals surface area contributed by atoms with Gasteiger partial charge in [0.05, 0.1) is 22.9 Å². The van der Waals surface area contributed by atoms with Crippen LogP contribution in [-0.2, 0) is 28.4 Å². The van der Waals surface area contributed by atoms with Crippen LogP contribution in [0, 0.1) is 5.92 Å². The zero-order valence-electron chi connectivity index (χ0n) is 12.5. The van der Waals surface area contributed by atoms with Gasteiger partial charge in [-0.2, -0.15) is 5.10 Å². The summed E-state index contributed by atoms with van der Waals surface area (Å²) in [5.41, 5.74) is 4.16. The summed E-state index contributed by atoms with van der Waals surface area (Å²) in [6, 6.07) is 10.0. The van der Waals surface area contributed by atoms with Gasteiger partial charge in [0.1, 0.15) is 0 Å². The number of fused-ring (bicyclic) bond motifs is 1. The van der Waals surface area contributed by atoms with Crippen LogP contribution in [0.3, 0.4) is 0 Å². The maximum absolute atomic E-state index is 12.3. The number of hydrogen-bond donors (Lipinski definition) is 0. The van der Waals surface area contributed by atoms with Crippen molar-refractivity contribution in [3.8, 4) is 5.69 Å². The monoisotopic (exact) mass is 316 g/mol. The van der Waals surface area contributed by atoms with Crippen LogP contribution in [-0.4, -0.2) is 24.0 Å². The minimum Gasteiger partial charge on any atom is -0.237 e. The Morgan fingerprint density at radius 3 is 2.64 bits per heavy atom. The quantitative estimate of drug-likeness (QED) is 0.852. The van der Waals surface area contributed by atoms with Gasteiger partial charge in [0.15, 0.2) is 9.84 Å². The Morgan fingerprint density at radius 1 is 1.14 bits per heavy atom. The van der Waals surface area contributed by atoms with Crippen molar-refractivity contribution in [2.45, 2.75) is 37.9 Å². The molecule has 0 spiro atoms. The predicted molar refractivity (Wildman–Crippen MR) is 85.8 cm³/mol. The first-order valence-electron chi connectivity index (χ1n) is 7.98. The SMILES string of the molecule is O=S(=O)(Cc1nn(-c2ccccc2)c2c1CCC2)CC1CC1. The Bertz CT molecular complexity index is 790. The van der Waals surface area contributed by atoms with Crippen molar-refractivity contribution in [1.82, 2.24) is 9.78 Å². The number of hydrogen-bond acceptors (Lipinski definition) is 3. The average molecular weight is 316 g/mol. The third-order valence-electron chi connectivity index (χ3n) is 4.56. The number of para-hydroxylation sites is 1. The van der Waals surface area contributed by atoms with E-state index in [1.807, 2.05) is 35.0 Å². The Morgan fingerprint density at radius 2 is 1.91 bits per heavy atom. The molecule has 0 unspecified atom stereocenters. The van der Waals surface area contributed by atoms with Crippen molar-refractivity contribution >= 4 is 9.84 Å². The smallest absolute Gasteiger partial charge is 0.156 e. The second-order valence-electron chi connectivity index (χ2n) is 6.47. The number of aromatic nitrogens is 2. The van der Waals surface area contributed by atoms with Crippen LogP contribution in [0.2, 0.25) is 0 Å². The van der Waals surface area contributed by atoms with E-state index in [-0.39, 0.29) is 5.75 Å². The lowest BCUT2D eigenvalue weighted by atomic mass is 10.2. The molecule has 22 heavy (non-hydrogen) atoms. The fourth-order valence-corrected chi connectivity index (χ4v) is 5.14. The number of rotatable bonds is 5. The summed E-state index contributed by atoms with van der Waals surface area (Å²) in [7, 11) is -3.04. The Labute approximate surface area is 131 Å². The van der Waals surface area contributed by atoms with E-state index in [1.165, 1.54) is 11.3 Å². The molecule has 0 atom stereocenters. The molecule has 0 amide bonds. The van der Waals surface area contributed by atoms with Crippen LogP contribution < -0.4 is 0 Å². The molecule has 4 nitrogen and oxygen atoms in total. The van der Waals surface area contributed by atoms with Gasteiger partial charge < -0.3 is 0 Å². The van der Waals surface area contributed by atoms with E-state index in [9.17, 15) is 8.42 Å². The first-order valence-corrected chi connectivity index (χ1v) is 9.80. The van der Waals surface area contributed by atoms with Gasteiger partial charge >= 0.3 is 0 Å². The van der Waals surface area contributed by atoms with Crippen molar-refractivity contribution in [1.29, 1.82) is 0 Å². The molecule has 0 radical (unpaired) electrons. The highest BCUT2D eigenvalue weighted by atomic mass is 32.2. The molecule has 0 aliphatic heterocycles.